The summed E-state index contributed by atoms with van der Waals surface area (Å²) >= 11 is 5.89. The van der Waals surface area contributed by atoms with E-state index in [1.807, 2.05) is 37.3 Å². The van der Waals surface area contributed by atoms with Crippen LogP contribution in [0.25, 0.3) is 11.3 Å². The summed E-state index contributed by atoms with van der Waals surface area (Å²) in [6.07, 6.45) is 1.74. The fraction of sp³-hybridized carbons (Fsp3) is 0.0833. The topological polar surface area (TPSA) is 38.9 Å². The molecule has 0 saturated carbocycles. The molecule has 0 radical (unpaired) electrons. The Bertz CT molecular complexity index is 495. The third-order valence-electron chi connectivity index (χ3n) is 2.28. The first-order valence-electron chi connectivity index (χ1n) is 4.65. The van der Waals surface area contributed by atoms with E-state index in [0.29, 0.717) is 5.69 Å². The number of hydrogen-bond acceptors (Lipinski definition) is 2. The smallest absolute Gasteiger partial charge is 0.0933 e. The van der Waals surface area contributed by atoms with Crippen molar-refractivity contribution in [3.05, 3.63) is 47.1 Å². The molecule has 2 rings (SSSR count). The number of pyridine rings is 1. The second-order valence-corrected chi connectivity index (χ2v) is 3.84. The van der Waals surface area contributed by atoms with Gasteiger partial charge in [-0.15, -0.1) is 0 Å². The highest BCUT2D eigenvalue weighted by atomic mass is 35.5. The molecule has 76 valence electrons. The van der Waals surface area contributed by atoms with Crippen molar-refractivity contribution in [3.63, 3.8) is 0 Å². The minimum Gasteiger partial charge on any atom is -0.397 e. The SMILES string of the molecule is Cc1cc(Cl)ccc1-c1ncccc1N. The number of halogens is 1. The number of anilines is 1. The van der Waals surface area contributed by atoms with Gasteiger partial charge in [0.05, 0.1) is 11.4 Å². The van der Waals surface area contributed by atoms with Crippen molar-refractivity contribution in [2.45, 2.75) is 6.92 Å². The molecule has 1 heterocycles. The van der Waals surface area contributed by atoms with Crippen LogP contribution in [0.15, 0.2) is 36.5 Å². The van der Waals surface area contributed by atoms with Gasteiger partial charge in [-0.1, -0.05) is 17.7 Å². The maximum atomic E-state index is 5.89. The molecule has 0 spiro atoms. The van der Waals surface area contributed by atoms with E-state index in [9.17, 15) is 0 Å². The number of aromatic nitrogens is 1. The molecule has 1 aromatic heterocycles. The first-order chi connectivity index (χ1) is 7.18. The molecule has 0 saturated heterocycles. The fourth-order valence-electron chi connectivity index (χ4n) is 1.54. The van der Waals surface area contributed by atoms with Gasteiger partial charge in [-0.25, -0.2) is 0 Å². The zero-order valence-electron chi connectivity index (χ0n) is 8.37. The van der Waals surface area contributed by atoms with Gasteiger partial charge in [-0.05, 0) is 36.8 Å². The second-order valence-electron chi connectivity index (χ2n) is 3.40. The molecule has 0 aliphatic heterocycles. The van der Waals surface area contributed by atoms with Gasteiger partial charge in [0.15, 0.2) is 0 Å². The summed E-state index contributed by atoms with van der Waals surface area (Å²) in [6, 6.07) is 9.36. The van der Waals surface area contributed by atoms with E-state index in [1.165, 1.54) is 0 Å². The highest BCUT2D eigenvalue weighted by Crippen LogP contribution is 2.27. The average Bonchev–Trinajstić information content (AvgIpc) is 2.20. The fourth-order valence-corrected chi connectivity index (χ4v) is 1.76. The predicted octanol–water partition coefficient (Wildman–Crippen LogP) is 3.29. The van der Waals surface area contributed by atoms with Gasteiger partial charge in [0.2, 0.25) is 0 Å². The lowest BCUT2D eigenvalue weighted by Gasteiger charge is -2.07. The maximum Gasteiger partial charge on any atom is 0.0933 e. The first-order valence-corrected chi connectivity index (χ1v) is 5.03. The molecule has 1 aromatic carbocycles. The van der Waals surface area contributed by atoms with Crippen LogP contribution in [0.2, 0.25) is 5.02 Å². The first kappa shape index (κ1) is 9.99. The molecule has 0 unspecified atom stereocenters. The quantitative estimate of drug-likeness (QED) is 0.798. The Morgan fingerprint density at radius 3 is 2.73 bits per heavy atom. The van der Waals surface area contributed by atoms with Crippen molar-refractivity contribution >= 4 is 17.3 Å². The van der Waals surface area contributed by atoms with Crippen LogP contribution < -0.4 is 5.73 Å². The van der Waals surface area contributed by atoms with Gasteiger partial charge >= 0.3 is 0 Å². The molecular formula is C12H11ClN2. The Labute approximate surface area is 93.7 Å². The Hall–Kier alpha value is -1.54. The lowest BCUT2D eigenvalue weighted by Crippen LogP contribution is -1.94. The Kier molecular flexibility index (Phi) is 2.60. The van der Waals surface area contributed by atoms with E-state index < -0.39 is 0 Å². The van der Waals surface area contributed by atoms with Gasteiger partial charge in [0.1, 0.15) is 0 Å². The standard InChI is InChI=1S/C12H11ClN2/c1-8-7-9(13)4-5-10(8)12-11(14)3-2-6-15-12/h2-7H,14H2,1H3. The summed E-state index contributed by atoms with van der Waals surface area (Å²) in [6.45, 7) is 2.00. The number of nitrogens with two attached hydrogens (primary N) is 1. The summed E-state index contributed by atoms with van der Waals surface area (Å²) < 4.78 is 0. The van der Waals surface area contributed by atoms with Crippen molar-refractivity contribution in [2.24, 2.45) is 0 Å². The van der Waals surface area contributed by atoms with Crippen LogP contribution in [-0.2, 0) is 0 Å². The van der Waals surface area contributed by atoms with Crippen molar-refractivity contribution in [1.29, 1.82) is 0 Å². The Morgan fingerprint density at radius 1 is 1.27 bits per heavy atom. The van der Waals surface area contributed by atoms with E-state index >= 15 is 0 Å². The van der Waals surface area contributed by atoms with Crippen LogP contribution in [0, 0.1) is 6.92 Å². The van der Waals surface area contributed by atoms with Crippen LogP contribution in [0.3, 0.4) is 0 Å². The minimum absolute atomic E-state index is 0.683. The molecule has 2 aromatic rings. The van der Waals surface area contributed by atoms with Crippen LogP contribution in [0.5, 0.6) is 0 Å². The molecular weight excluding hydrogens is 208 g/mol. The van der Waals surface area contributed by atoms with Gasteiger partial charge in [0.25, 0.3) is 0 Å². The van der Waals surface area contributed by atoms with Crippen LogP contribution in [0.1, 0.15) is 5.56 Å². The maximum absolute atomic E-state index is 5.89. The summed E-state index contributed by atoms with van der Waals surface area (Å²) in [5.74, 6) is 0. The van der Waals surface area contributed by atoms with Crippen molar-refractivity contribution in [1.82, 2.24) is 4.98 Å². The van der Waals surface area contributed by atoms with Crippen molar-refractivity contribution in [3.8, 4) is 11.3 Å². The predicted molar refractivity (Wildman–Crippen MR) is 63.8 cm³/mol. The van der Waals surface area contributed by atoms with E-state index in [2.05, 4.69) is 4.98 Å². The molecule has 2 nitrogen and oxygen atoms in total. The molecule has 0 aliphatic rings. The van der Waals surface area contributed by atoms with Gasteiger partial charge in [-0.3, -0.25) is 4.98 Å². The lowest BCUT2D eigenvalue weighted by molar-refractivity contribution is 1.31. The molecule has 3 heteroatoms. The number of aryl methyl sites for hydroxylation is 1. The van der Waals surface area contributed by atoms with E-state index in [1.54, 1.807) is 6.20 Å². The third kappa shape index (κ3) is 1.95. The number of rotatable bonds is 1. The molecule has 0 amide bonds. The van der Waals surface area contributed by atoms with Crippen LogP contribution in [-0.4, -0.2) is 4.98 Å². The number of nitrogens with zero attached hydrogens (tertiary/aromatic N) is 1. The zero-order chi connectivity index (χ0) is 10.8. The Morgan fingerprint density at radius 2 is 2.07 bits per heavy atom. The Balaban J connectivity index is 2.60. The van der Waals surface area contributed by atoms with Gasteiger partial charge < -0.3 is 5.73 Å². The summed E-state index contributed by atoms with van der Waals surface area (Å²) in [5, 5.41) is 0.728. The van der Waals surface area contributed by atoms with Gasteiger partial charge in [0, 0.05) is 16.8 Å². The molecule has 0 atom stereocenters. The highest BCUT2D eigenvalue weighted by Gasteiger charge is 2.06. The molecule has 0 aliphatic carbocycles. The molecule has 0 bridgehead atoms. The van der Waals surface area contributed by atoms with Gasteiger partial charge in [-0.2, -0.15) is 0 Å². The molecule has 15 heavy (non-hydrogen) atoms. The third-order valence-corrected chi connectivity index (χ3v) is 2.52. The summed E-state index contributed by atoms with van der Waals surface area (Å²) in [4.78, 5) is 4.27. The molecule has 0 fully saturated rings. The molecule has 2 N–H and O–H groups in total. The second kappa shape index (κ2) is 3.91. The largest absolute Gasteiger partial charge is 0.397 e. The zero-order valence-corrected chi connectivity index (χ0v) is 9.12. The minimum atomic E-state index is 0.683. The van der Waals surface area contributed by atoms with E-state index in [-0.39, 0.29) is 0 Å². The van der Waals surface area contributed by atoms with Crippen LogP contribution in [0.4, 0.5) is 5.69 Å². The van der Waals surface area contributed by atoms with E-state index in [0.717, 1.165) is 21.8 Å². The monoisotopic (exact) mass is 218 g/mol. The summed E-state index contributed by atoms with van der Waals surface area (Å²) in [7, 11) is 0. The lowest BCUT2D eigenvalue weighted by atomic mass is 10.0. The number of nitrogen functional groups attached to an aromatic ring is 1. The van der Waals surface area contributed by atoms with Crippen molar-refractivity contribution in [2.75, 3.05) is 5.73 Å². The highest BCUT2D eigenvalue weighted by molar-refractivity contribution is 6.30. The van der Waals surface area contributed by atoms with Crippen molar-refractivity contribution < 1.29 is 0 Å². The number of hydrogen-bond donors (Lipinski definition) is 1. The number of benzene rings is 1. The average molecular weight is 219 g/mol. The van der Waals surface area contributed by atoms with E-state index in [4.69, 9.17) is 17.3 Å². The summed E-state index contributed by atoms with van der Waals surface area (Å²) in [5.41, 5.74) is 9.46. The van der Waals surface area contributed by atoms with Crippen LogP contribution >= 0.6 is 11.6 Å². The normalized spacial score (nSPS) is 10.3.